The lowest BCUT2D eigenvalue weighted by Gasteiger charge is -2.28. The van der Waals surface area contributed by atoms with Crippen LogP contribution in [0.5, 0.6) is 0 Å². The smallest absolute Gasteiger partial charge is 0.194 e. The second-order valence-electron chi connectivity index (χ2n) is 7.79. The Morgan fingerprint density at radius 1 is 0.893 bits per heavy atom. The van der Waals surface area contributed by atoms with E-state index in [0.29, 0.717) is 16.5 Å². The third-order valence-corrected chi connectivity index (χ3v) is 6.58. The van der Waals surface area contributed by atoms with Crippen molar-refractivity contribution in [2.24, 2.45) is 5.92 Å². The molecule has 0 unspecified atom stereocenters. The molecular weight excluding hydrogens is 381 g/mol. The van der Waals surface area contributed by atoms with Gasteiger partial charge in [0.1, 0.15) is 0 Å². The van der Waals surface area contributed by atoms with Gasteiger partial charge in [0.25, 0.3) is 0 Å². The Morgan fingerprint density at radius 3 is 2.21 bits per heavy atom. The zero-order chi connectivity index (χ0) is 19.8. The van der Waals surface area contributed by atoms with Gasteiger partial charge in [-0.1, -0.05) is 55.3 Å². The van der Waals surface area contributed by atoms with Gasteiger partial charge in [0.2, 0.25) is 0 Å². The van der Waals surface area contributed by atoms with Gasteiger partial charge in [-0.25, -0.2) is 13.2 Å². The third kappa shape index (κ3) is 3.53. The van der Waals surface area contributed by atoms with Crippen molar-refractivity contribution in [2.45, 2.75) is 44.9 Å². The van der Waals surface area contributed by atoms with Crippen LogP contribution in [0.25, 0.3) is 21.9 Å². The van der Waals surface area contributed by atoms with E-state index in [9.17, 15) is 13.2 Å². The standard InChI is InChI=1S/C24H22ClF3/c1-2-14-3-5-15(6-4-14)16-7-9-19-17(11-16)8-10-20(23(19)25)18-12-21(26)24(28)22(27)13-18/h7-15H,2-6H2,1H3. The summed E-state index contributed by atoms with van der Waals surface area (Å²) in [4.78, 5) is 0. The molecule has 0 saturated heterocycles. The fourth-order valence-electron chi connectivity index (χ4n) is 4.40. The van der Waals surface area contributed by atoms with Crippen molar-refractivity contribution in [3.8, 4) is 11.1 Å². The number of rotatable bonds is 3. The normalized spacial score (nSPS) is 19.9. The van der Waals surface area contributed by atoms with Crippen molar-refractivity contribution >= 4 is 22.4 Å². The summed E-state index contributed by atoms with van der Waals surface area (Å²) in [6, 6.07) is 11.9. The lowest BCUT2D eigenvalue weighted by molar-refractivity contribution is 0.319. The van der Waals surface area contributed by atoms with Crippen LogP contribution in [0.1, 0.15) is 50.5 Å². The van der Waals surface area contributed by atoms with E-state index < -0.39 is 17.5 Å². The summed E-state index contributed by atoms with van der Waals surface area (Å²) in [6.07, 6.45) is 6.24. The number of hydrogen-bond donors (Lipinski definition) is 0. The van der Waals surface area contributed by atoms with Crippen LogP contribution in [0.15, 0.2) is 42.5 Å². The molecule has 0 amide bonds. The van der Waals surface area contributed by atoms with E-state index in [0.717, 1.165) is 28.8 Å². The molecule has 0 radical (unpaired) electrons. The Kier molecular flexibility index (Phi) is 5.37. The minimum absolute atomic E-state index is 0.227. The van der Waals surface area contributed by atoms with Crippen molar-refractivity contribution < 1.29 is 13.2 Å². The molecule has 1 saturated carbocycles. The summed E-state index contributed by atoms with van der Waals surface area (Å²) in [7, 11) is 0. The molecule has 0 heterocycles. The number of halogens is 4. The van der Waals surface area contributed by atoms with Crippen molar-refractivity contribution in [1.29, 1.82) is 0 Å². The van der Waals surface area contributed by atoms with E-state index in [1.807, 2.05) is 12.1 Å². The van der Waals surface area contributed by atoms with Crippen LogP contribution in [0, 0.1) is 23.4 Å². The van der Waals surface area contributed by atoms with Gasteiger partial charge >= 0.3 is 0 Å². The highest BCUT2D eigenvalue weighted by molar-refractivity contribution is 6.38. The molecule has 146 valence electrons. The average Bonchev–Trinajstić information content (AvgIpc) is 2.72. The molecule has 3 aromatic carbocycles. The predicted octanol–water partition coefficient (Wildman–Crippen LogP) is 8.26. The van der Waals surface area contributed by atoms with Crippen LogP contribution >= 0.6 is 11.6 Å². The monoisotopic (exact) mass is 402 g/mol. The van der Waals surface area contributed by atoms with Crippen LogP contribution < -0.4 is 0 Å². The maximum atomic E-state index is 13.6. The fraction of sp³-hybridized carbons (Fsp3) is 0.333. The minimum atomic E-state index is -1.47. The van der Waals surface area contributed by atoms with Crippen molar-refractivity contribution in [1.82, 2.24) is 0 Å². The lowest BCUT2D eigenvalue weighted by Crippen LogP contribution is -2.12. The molecule has 0 aliphatic heterocycles. The van der Waals surface area contributed by atoms with Crippen molar-refractivity contribution in [2.75, 3.05) is 0 Å². The van der Waals surface area contributed by atoms with Gasteiger partial charge in [0.05, 0.1) is 5.02 Å². The Balaban J connectivity index is 1.69. The summed E-state index contributed by atoms with van der Waals surface area (Å²) < 4.78 is 40.5. The highest BCUT2D eigenvalue weighted by atomic mass is 35.5. The number of benzene rings is 3. The summed E-state index contributed by atoms with van der Waals surface area (Å²) in [5.41, 5.74) is 2.04. The van der Waals surface area contributed by atoms with Crippen LogP contribution in [0.2, 0.25) is 5.02 Å². The van der Waals surface area contributed by atoms with Gasteiger partial charge in [-0.05, 0) is 66.2 Å². The summed E-state index contributed by atoms with van der Waals surface area (Å²) in [5.74, 6) is -2.48. The first-order chi connectivity index (χ1) is 13.5. The lowest BCUT2D eigenvalue weighted by atomic mass is 9.77. The molecule has 1 fully saturated rings. The van der Waals surface area contributed by atoms with Crippen LogP contribution in [-0.4, -0.2) is 0 Å². The van der Waals surface area contributed by atoms with Gasteiger partial charge in [-0.3, -0.25) is 0 Å². The Hall–Kier alpha value is -2.00. The SMILES string of the molecule is CCC1CCC(c2ccc3c(Cl)c(-c4cc(F)c(F)c(F)c4)ccc3c2)CC1. The van der Waals surface area contributed by atoms with Crippen LogP contribution in [0.4, 0.5) is 13.2 Å². The van der Waals surface area contributed by atoms with Crippen molar-refractivity contribution in [3.05, 3.63) is 70.5 Å². The van der Waals surface area contributed by atoms with Gasteiger partial charge in [0, 0.05) is 10.9 Å². The maximum Gasteiger partial charge on any atom is 0.194 e. The Morgan fingerprint density at radius 2 is 1.57 bits per heavy atom. The molecule has 1 aliphatic rings. The first kappa shape index (κ1) is 19.3. The van der Waals surface area contributed by atoms with E-state index in [2.05, 4.69) is 19.1 Å². The number of fused-ring (bicyclic) bond motifs is 1. The third-order valence-electron chi connectivity index (χ3n) is 6.17. The van der Waals surface area contributed by atoms with Gasteiger partial charge in [-0.2, -0.15) is 0 Å². The molecule has 0 atom stereocenters. The zero-order valence-electron chi connectivity index (χ0n) is 15.7. The first-order valence-corrected chi connectivity index (χ1v) is 10.2. The summed E-state index contributed by atoms with van der Waals surface area (Å²) in [6.45, 7) is 2.26. The quantitative estimate of drug-likeness (QED) is 0.387. The molecular formula is C24H22ClF3. The van der Waals surface area contributed by atoms with E-state index >= 15 is 0 Å². The molecule has 0 nitrogen and oxygen atoms in total. The molecule has 4 heteroatoms. The summed E-state index contributed by atoms with van der Waals surface area (Å²) >= 11 is 6.56. The van der Waals surface area contributed by atoms with Crippen molar-refractivity contribution in [3.63, 3.8) is 0 Å². The van der Waals surface area contributed by atoms with E-state index in [-0.39, 0.29) is 5.56 Å². The fourth-order valence-corrected chi connectivity index (χ4v) is 4.75. The first-order valence-electron chi connectivity index (χ1n) is 9.85. The Labute approximate surface area is 168 Å². The molecule has 1 aliphatic carbocycles. The second kappa shape index (κ2) is 7.79. The summed E-state index contributed by atoms with van der Waals surface area (Å²) in [5, 5.41) is 2.26. The van der Waals surface area contributed by atoms with Crippen LogP contribution in [0.3, 0.4) is 0 Å². The molecule has 0 N–H and O–H groups in total. The highest BCUT2D eigenvalue weighted by Crippen LogP contribution is 2.40. The topological polar surface area (TPSA) is 0 Å². The van der Waals surface area contributed by atoms with Crippen LogP contribution in [-0.2, 0) is 0 Å². The number of hydrogen-bond acceptors (Lipinski definition) is 0. The Bertz CT molecular complexity index is 997. The van der Waals surface area contributed by atoms with Gasteiger partial charge in [0.15, 0.2) is 17.5 Å². The van der Waals surface area contributed by atoms with E-state index in [1.54, 1.807) is 6.07 Å². The predicted molar refractivity (Wildman–Crippen MR) is 109 cm³/mol. The highest BCUT2D eigenvalue weighted by Gasteiger charge is 2.22. The zero-order valence-corrected chi connectivity index (χ0v) is 16.5. The molecule has 0 aromatic heterocycles. The molecule has 0 bridgehead atoms. The molecule has 4 rings (SSSR count). The largest absolute Gasteiger partial charge is 0.204 e. The van der Waals surface area contributed by atoms with E-state index in [4.69, 9.17) is 11.6 Å². The van der Waals surface area contributed by atoms with Gasteiger partial charge < -0.3 is 0 Å². The van der Waals surface area contributed by atoms with Gasteiger partial charge in [-0.15, -0.1) is 0 Å². The molecule has 3 aromatic rings. The van der Waals surface area contributed by atoms with E-state index in [1.165, 1.54) is 37.7 Å². The average molecular weight is 403 g/mol. The minimum Gasteiger partial charge on any atom is -0.204 e. The molecule has 28 heavy (non-hydrogen) atoms. The maximum absolute atomic E-state index is 13.6. The second-order valence-corrected chi connectivity index (χ2v) is 8.17. The molecule has 0 spiro atoms.